The number of carboxylic acid groups (broad SMARTS) is 1. The van der Waals surface area contributed by atoms with Gasteiger partial charge in [0.1, 0.15) is 11.6 Å². The van der Waals surface area contributed by atoms with Gasteiger partial charge in [-0.15, -0.1) is 0 Å². The Morgan fingerprint density at radius 2 is 2.11 bits per heavy atom. The zero-order valence-electron chi connectivity index (χ0n) is 15.1. The van der Waals surface area contributed by atoms with Gasteiger partial charge >= 0.3 is 6.09 Å². The van der Waals surface area contributed by atoms with Gasteiger partial charge in [0.05, 0.1) is 7.11 Å². The first-order chi connectivity index (χ1) is 13.1. The van der Waals surface area contributed by atoms with E-state index in [1.54, 1.807) is 12.1 Å². The van der Waals surface area contributed by atoms with E-state index in [0.29, 0.717) is 30.4 Å². The van der Waals surface area contributed by atoms with Crippen LogP contribution in [0.1, 0.15) is 23.5 Å². The molecule has 0 spiro atoms. The number of piperidine rings is 1. The highest BCUT2D eigenvalue weighted by molar-refractivity contribution is 5.78. The molecule has 5 nitrogen and oxygen atoms in total. The molecule has 0 unspecified atom stereocenters. The normalized spacial score (nSPS) is 22.6. The molecule has 6 heteroatoms. The fraction of sp³-hybridized carbons (Fsp3) is 0.381. The van der Waals surface area contributed by atoms with Gasteiger partial charge in [0.15, 0.2) is 0 Å². The van der Waals surface area contributed by atoms with Gasteiger partial charge in [-0.25, -0.2) is 9.18 Å². The van der Waals surface area contributed by atoms with Crippen molar-refractivity contribution in [3.63, 3.8) is 0 Å². The summed E-state index contributed by atoms with van der Waals surface area (Å²) in [5, 5.41) is 9.41. The quantitative estimate of drug-likeness (QED) is 0.878. The van der Waals surface area contributed by atoms with Crippen LogP contribution in [0.3, 0.4) is 0 Å². The van der Waals surface area contributed by atoms with E-state index in [1.165, 1.54) is 34.9 Å². The van der Waals surface area contributed by atoms with Crippen LogP contribution in [-0.4, -0.2) is 48.9 Å². The number of hydrogen-bond acceptors (Lipinski definition) is 3. The fourth-order valence-corrected chi connectivity index (χ4v) is 5.03. The van der Waals surface area contributed by atoms with Crippen LogP contribution in [0.4, 0.5) is 14.9 Å². The predicted octanol–water partition coefficient (Wildman–Crippen LogP) is 3.71. The lowest BCUT2D eigenvalue weighted by Crippen LogP contribution is -2.47. The van der Waals surface area contributed by atoms with Crippen LogP contribution in [0.2, 0.25) is 0 Å². The summed E-state index contributed by atoms with van der Waals surface area (Å²) in [6.07, 6.45) is 0.944. The van der Waals surface area contributed by atoms with E-state index in [2.05, 4.69) is 17.0 Å². The number of ether oxygens (including phenoxy) is 1. The molecule has 2 aromatic carbocycles. The van der Waals surface area contributed by atoms with E-state index in [-0.39, 0.29) is 11.7 Å². The van der Waals surface area contributed by atoms with Crippen molar-refractivity contribution in [2.24, 2.45) is 0 Å². The van der Waals surface area contributed by atoms with Crippen molar-refractivity contribution in [2.75, 3.05) is 31.6 Å². The maximum Gasteiger partial charge on any atom is 0.407 e. The predicted molar refractivity (Wildman–Crippen MR) is 100 cm³/mol. The number of likely N-dealkylation sites (tertiary alicyclic amines) is 1. The third kappa shape index (κ3) is 2.39. The number of nitrogens with zero attached hydrogens (tertiary/aromatic N) is 2. The van der Waals surface area contributed by atoms with Crippen molar-refractivity contribution in [1.82, 2.24) is 4.90 Å². The molecule has 2 atom stereocenters. The van der Waals surface area contributed by atoms with Gasteiger partial charge in [0.2, 0.25) is 0 Å². The molecule has 27 heavy (non-hydrogen) atoms. The number of fused-ring (bicyclic) bond motifs is 3. The lowest BCUT2D eigenvalue weighted by Gasteiger charge is -2.37. The van der Waals surface area contributed by atoms with Gasteiger partial charge in [-0.2, -0.15) is 0 Å². The Hall–Kier alpha value is -2.76. The topological polar surface area (TPSA) is 53.0 Å². The monoisotopic (exact) mass is 368 g/mol. The highest BCUT2D eigenvalue weighted by atomic mass is 19.1. The molecule has 0 bridgehead atoms. The number of amides is 1. The Kier molecular flexibility index (Phi) is 3.57. The zero-order valence-corrected chi connectivity index (χ0v) is 15.1. The van der Waals surface area contributed by atoms with Gasteiger partial charge in [-0.1, -0.05) is 0 Å². The SMILES string of the molecule is COc1ccc(-c2cc3c4c(c2)[C@@H]2CN(C(=O)O)CC[C@@H]2N4CC3)c(F)c1. The number of anilines is 1. The Bertz CT molecular complexity index is 945. The van der Waals surface area contributed by atoms with Gasteiger partial charge < -0.3 is 19.6 Å². The largest absolute Gasteiger partial charge is 0.497 e. The van der Waals surface area contributed by atoms with Crippen LogP contribution >= 0.6 is 0 Å². The molecular weight excluding hydrogens is 347 g/mol. The van der Waals surface area contributed by atoms with Crippen molar-refractivity contribution in [3.05, 3.63) is 47.3 Å². The van der Waals surface area contributed by atoms with E-state index in [9.17, 15) is 14.3 Å². The highest BCUT2D eigenvalue weighted by Gasteiger charge is 2.45. The van der Waals surface area contributed by atoms with Crippen LogP contribution in [0.25, 0.3) is 11.1 Å². The lowest BCUT2D eigenvalue weighted by molar-refractivity contribution is 0.127. The number of hydrogen-bond donors (Lipinski definition) is 1. The second-order valence-electron chi connectivity index (χ2n) is 7.55. The third-order valence-corrected chi connectivity index (χ3v) is 6.26. The molecule has 3 aliphatic rings. The lowest BCUT2D eigenvalue weighted by atomic mass is 9.86. The number of carbonyl (C=O) groups is 1. The molecule has 0 radical (unpaired) electrons. The summed E-state index contributed by atoms with van der Waals surface area (Å²) >= 11 is 0. The minimum absolute atomic E-state index is 0.158. The summed E-state index contributed by atoms with van der Waals surface area (Å²) in [4.78, 5) is 15.4. The second kappa shape index (κ2) is 5.87. The molecule has 1 amide bonds. The van der Waals surface area contributed by atoms with Gasteiger partial charge in [-0.05, 0) is 53.8 Å². The van der Waals surface area contributed by atoms with Crippen molar-refractivity contribution in [3.8, 4) is 16.9 Å². The van der Waals surface area contributed by atoms with Crippen LogP contribution in [0.5, 0.6) is 5.75 Å². The molecule has 1 saturated heterocycles. The smallest absolute Gasteiger partial charge is 0.407 e. The van der Waals surface area contributed by atoms with Gasteiger partial charge in [0, 0.05) is 48.9 Å². The van der Waals surface area contributed by atoms with E-state index in [0.717, 1.165) is 24.9 Å². The van der Waals surface area contributed by atoms with E-state index in [1.807, 2.05) is 0 Å². The van der Waals surface area contributed by atoms with E-state index >= 15 is 0 Å². The Morgan fingerprint density at radius 3 is 2.85 bits per heavy atom. The average Bonchev–Trinajstić information content (AvgIpc) is 3.23. The second-order valence-corrected chi connectivity index (χ2v) is 7.55. The summed E-state index contributed by atoms with van der Waals surface area (Å²) in [7, 11) is 1.52. The Balaban J connectivity index is 1.60. The molecular formula is C21H21FN2O3. The van der Waals surface area contributed by atoms with Crippen LogP contribution in [0, 0.1) is 5.82 Å². The van der Waals surface area contributed by atoms with Crippen LogP contribution in [0.15, 0.2) is 30.3 Å². The first-order valence-electron chi connectivity index (χ1n) is 9.32. The minimum Gasteiger partial charge on any atom is -0.497 e. The molecule has 1 N–H and O–H groups in total. The Morgan fingerprint density at radius 1 is 1.26 bits per heavy atom. The van der Waals surface area contributed by atoms with Crippen LogP contribution < -0.4 is 9.64 Å². The molecule has 3 heterocycles. The van der Waals surface area contributed by atoms with Gasteiger partial charge in [0.25, 0.3) is 0 Å². The molecule has 140 valence electrons. The highest BCUT2D eigenvalue weighted by Crippen LogP contribution is 2.50. The number of rotatable bonds is 2. The summed E-state index contributed by atoms with van der Waals surface area (Å²) in [6.45, 7) is 2.05. The van der Waals surface area contributed by atoms with Gasteiger partial charge in [-0.3, -0.25) is 0 Å². The first-order valence-corrected chi connectivity index (χ1v) is 9.32. The van der Waals surface area contributed by atoms with Crippen molar-refractivity contribution < 1.29 is 19.0 Å². The summed E-state index contributed by atoms with van der Waals surface area (Å²) in [5.74, 6) is 0.351. The molecule has 1 fully saturated rings. The fourth-order valence-electron chi connectivity index (χ4n) is 5.03. The average molecular weight is 368 g/mol. The standard InChI is InChI=1S/C21H21FN2O3/c1-27-14-2-3-15(18(22)10-14)13-8-12-4-7-24-19-5-6-23(21(25)26)11-17(19)16(9-13)20(12)24/h2-3,8-10,17,19H,4-7,11H2,1H3,(H,25,26)/t17-,19-/m0/s1. The minimum atomic E-state index is -0.858. The maximum atomic E-state index is 14.6. The summed E-state index contributed by atoms with van der Waals surface area (Å²) in [6, 6.07) is 9.45. The number of halogens is 1. The molecule has 0 aromatic heterocycles. The van der Waals surface area contributed by atoms with Crippen LogP contribution in [-0.2, 0) is 6.42 Å². The van der Waals surface area contributed by atoms with Crippen molar-refractivity contribution in [2.45, 2.75) is 24.8 Å². The molecule has 0 aliphatic carbocycles. The zero-order chi connectivity index (χ0) is 18.7. The molecule has 3 aliphatic heterocycles. The molecule has 2 aromatic rings. The number of methoxy groups -OCH3 is 1. The number of benzene rings is 2. The van der Waals surface area contributed by atoms with E-state index < -0.39 is 6.09 Å². The summed E-state index contributed by atoms with van der Waals surface area (Å²) in [5.41, 5.74) is 5.09. The van der Waals surface area contributed by atoms with Crippen molar-refractivity contribution in [1.29, 1.82) is 0 Å². The van der Waals surface area contributed by atoms with Crippen molar-refractivity contribution >= 4 is 11.8 Å². The molecule has 0 saturated carbocycles. The van der Waals surface area contributed by atoms with E-state index in [4.69, 9.17) is 4.74 Å². The Labute approximate surface area is 157 Å². The molecule has 5 rings (SSSR count). The third-order valence-electron chi connectivity index (χ3n) is 6.26. The first kappa shape index (κ1) is 16.4. The summed E-state index contributed by atoms with van der Waals surface area (Å²) < 4.78 is 19.8. The maximum absolute atomic E-state index is 14.6.